The minimum Gasteiger partial charge on any atom is -0.330 e. The number of aromatic nitrogens is 3. The molecule has 2 N–H and O–H groups in total. The number of hydrogen-bond donors (Lipinski definition) is 1. The average molecular weight is 211 g/mol. The summed E-state index contributed by atoms with van der Waals surface area (Å²) < 4.78 is 1.99. The first-order chi connectivity index (χ1) is 7.19. The molecular weight excluding hydrogens is 190 g/mol. The molecule has 0 aromatic carbocycles. The van der Waals surface area contributed by atoms with Crippen molar-refractivity contribution in [3.63, 3.8) is 0 Å². The van der Waals surface area contributed by atoms with E-state index in [9.17, 15) is 0 Å². The van der Waals surface area contributed by atoms with Crippen LogP contribution in [0.5, 0.6) is 0 Å². The van der Waals surface area contributed by atoms with E-state index in [0.29, 0.717) is 6.54 Å². The zero-order chi connectivity index (χ0) is 11.3. The Bertz CT molecular complexity index is 292. The number of nitrogens with two attached hydrogens (primary N) is 1. The Balaban J connectivity index is 2.70. The minimum atomic E-state index is 0.638. The summed E-state index contributed by atoms with van der Waals surface area (Å²) in [6.07, 6.45) is 1.79. The van der Waals surface area contributed by atoms with Crippen molar-refractivity contribution in [1.29, 1.82) is 0 Å². The maximum atomic E-state index is 5.53. The summed E-state index contributed by atoms with van der Waals surface area (Å²) in [4.78, 5) is 2.14. The summed E-state index contributed by atoms with van der Waals surface area (Å²) in [5, 5.41) is 8.33. The first-order valence-corrected chi connectivity index (χ1v) is 5.45. The third-order valence-corrected chi connectivity index (χ3v) is 2.39. The van der Waals surface area contributed by atoms with Crippen LogP contribution in [0.1, 0.15) is 18.3 Å². The molecule has 5 heteroatoms. The van der Waals surface area contributed by atoms with Crippen molar-refractivity contribution in [2.45, 2.75) is 26.3 Å². The maximum Gasteiger partial charge on any atom is 0.0871 e. The van der Waals surface area contributed by atoms with Crippen molar-refractivity contribution in [3.05, 3.63) is 11.4 Å². The smallest absolute Gasteiger partial charge is 0.0871 e. The van der Waals surface area contributed by atoms with Gasteiger partial charge in [0.2, 0.25) is 0 Å². The molecule has 0 saturated heterocycles. The number of hydrogen-bond acceptors (Lipinski definition) is 4. The molecule has 0 bridgehead atoms. The quantitative estimate of drug-likeness (QED) is 0.714. The van der Waals surface area contributed by atoms with Crippen LogP contribution < -0.4 is 5.73 Å². The molecule has 1 aromatic rings. The van der Waals surface area contributed by atoms with Crippen LogP contribution in [0.4, 0.5) is 0 Å². The molecule has 0 aliphatic carbocycles. The van der Waals surface area contributed by atoms with Gasteiger partial charge in [0.05, 0.1) is 17.9 Å². The summed E-state index contributed by atoms with van der Waals surface area (Å²) in [6, 6.07) is 0. The molecule has 15 heavy (non-hydrogen) atoms. The molecule has 86 valence electrons. The first kappa shape index (κ1) is 12.1. The molecule has 0 radical (unpaired) electrons. The van der Waals surface area contributed by atoms with E-state index in [4.69, 9.17) is 5.73 Å². The molecule has 0 atom stereocenters. The van der Waals surface area contributed by atoms with Gasteiger partial charge < -0.3 is 10.6 Å². The normalized spacial score (nSPS) is 11.3. The molecule has 0 amide bonds. The van der Waals surface area contributed by atoms with Gasteiger partial charge in [0.15, 0.2) is 0 Å². The molecule has 0 fully saturated rings. The molecule has 1 aromatic heterocycles. The zero-order valence-electron chi connectivity index (χ0n) is 9.90. The van der Waals surface area contributed by atoms with Crippen LogP contribution in [0.25, 0.3) is 0 Å². The van der Waals surface area contributed by atoms with Crippen LogP contribution in [-0.4, -0.2) is 47.1 Å². The first-order valence-electron chi connectivity index (χ1n) is 5.45. The van der Waals surface area contributed by atoms with Gasteiger partial charge in [-0.3, -0.25) is 0 Å². The van der Waals surface area contributed by atoms with Gasteiger partial charge in [0.1, 0.15) is 0 Å². The average Bonchev–Trinajstić information content (AvgIpc) is 2.58. The molecular formula is C10H21N5. The Morgan fingerprint density at radius 1 is 1.40 bits per heavy atom. The Kier molecular flexibility index (Phi) is 4.71. The predicted octanol–water partition coefficient (Wildman–Crippen LogP) is -0.0967. The van der Waals surface area contributed by atoms with Crippen LogP contribution in [0.15, 0.2) is 0 Å². The number of nitrogens with zero attached hydrogens (tertiary/aromatic N) is 4. The van der Waals surface area contributed by atoms with E-state index in [1.165, 1.54) is 5.69 Å². The van der Waals surface area contributed by atoms with Gasteiger partial charge in [-0.25, -0.2) is 4.68 Å². The van der Waals surface area contributed by atoms with Crippen molar-refractivity contribution in [2.75, 3.05) is 27.2 Å². The van der Waals surface area contributed by atoms with E-state index in [0.717, 1.165) is 31.6 Å². The monoisotopic (exact) mass is 211 g/mol. The molecule has 0 saturated carbocycles. The van der Waals surface area contributed by atoms with Crippen molar-refractivity contribution >= 4 is 0 Å². The summed E-state index contributed by atoms with van der Waals surface area (Å²) in [5.41, 5.74) is 7.81. The van der Waals surface area contributed by atoms with Gasteiger partial charge in [0.25, 0.3) is 0 Å². The standard InChI is InChI=1S/C10H21N5/c1-4-10-9(5-6-11)12-13-15(10)8-7-14(2)3/h4-8,11H2,1-3H3. The van der Waals surface area contributed by atoms with E-state index in [2.05, 4.69) is 36.2 Å². The predicted molar refractivity (Wildman–Crippen MR) is 60.7 cm³/mol. The van der Waals surface area contributed by atoms with Gasteiger partial charge in [0, 0.05) is 13.0 Å². The summed E-state index contributed by atoms with van der Waals surface area (Å²) in [7, 11) is 4.12. The summed E-state index contributed by atoms with van der Waals surface area (Å²) in [6.45, 7) is 4.65. The van der Waals surface area contributed by atoms with Gasteiger partial charge >= 0.3 is 0 Å². The van der Waals surface area contributed by atoms with Crippen molar-refractivity contribution in [1.82, 2.24) is 19.9 Å². The third-order valence-electron chi connectivity index (χ3n) is 2.39. The van der Waals surface area contributed by atoms with Crippen LogP contribution in [0, 0.1) is 0 Å². The van der Waals surface area contributed by atoms with Crippen LogP contribution >= 0.6 is 0 Å². The Morgan fingerprint density at radius 3 is 2.67 bits per heavy atom. The highest BCUT2D eigenvalue weighted by atomic mass is 15.4. The topological polar surface area (TPSA) is 60.0 Å². The Labute approximate surface area is 91.2 Å². The van der Waals surface area contributed by atoms with Crippen LogP contribution in [-0.2, 0) is 19.4 Å². The largest absolute Gasteiger partial charge is 0.330 e. The molecule has 1 rings (SSSR count). The van der Waals surface area contributed by atoms with Crippen molar-refractivity contribution in [2.24, 2.45) is 5.73 Å². The lowest BCUT2D eigenvalue weighted by Crippen LogP contribution is -2.20. The molecule has 0 unspecified atom stereocenters. The fourth-order valence-corrected chi connectivity index (χ4v) is 1.56. The lowest BCUT2D eigenvalue weighted by molar-refractivity contribution is 0.367. The fraction of sp³-hybridized carbons (Fsp3) is 0.800. The lowest BCUT2D eigenvalue weighted by atomic mass is 10.2. The molecule has 0 spiro atoms. The second-order valence-electron chi connectivity index (χ2n) is 3.90. The summed E-state index contributed by atoms with van der Waals surface area (Å²) >= 11 is 0. The zero-order valence-corrected chi connectivity index (χ0v) is 9.90. The number of likely N-dealkylation sites (N-methyl/N-ethyl adjacent to an activating group) is 1. The van der Waals surface area contributed by atoms with Gasteiger partial charge in [-0.2, -0.15) is 0 Å². The lowest BCUT2D eigenvalue weighted by Gasteiger charge is -2.10. The second-order valence-corrected chi connectivity index (χ2v) is 3.90. The van der Waals surface area contributed by atoms with E-state index >= 15 is 0 Å². The van der Waals surface area contributed by atoms with E-state index < -0.39 is 0 Å². The highest BCUT2D eigenvalue weighted by Gasteiger charge is 2.09. The number of rotatable bonds is 6. The molecule has 1 heterocycles. The van der Waals surface area contributed by atoms with E-state index in [1.54, 1.807) is 0 Å². The third kappa shape index (κ3) is 3.28. The molecule has 0 aliphatic rings. The minimum absolute atomic E-state index is 0.638. The van der Waals surface area contributed by atoms with Crippen molar-refractivity contribution in [3.8, 4) is 0 Å². The fourth-order valence-electron chi connectivity index (χ4n) is 1.56. The van der Waals surface area contributed by atoms with E-state index in [-0.39, 0.29) is 0 Å². The highest BCUT2D eigenvalue weighted by molar-refractivity contribution is 5.10. The molecule has 0 aliphatic heterocycles. The highest BCUT2D eigenvalue weighted by Crippen LogP contribution is 2.06. The second kappa shape index (κ2) is 5.82. The van der Waals surface area contributed by atoms with Crippen LogP contribution in [0.3, 0.4) is 0 Å². The maximum absolute atomic E-state index is 5.53. The van der Waals surface area contributed by atoms with Crippen LogP contribution in [0.2, 0.25) is 0 Å². The summed E-state index contributed by atoms with van der Waals surface area (Å²) in [5.74, 6) is 0. The van der Waals surface area contributed by atoms with Gasteiger partial charge in [-0.05, 0) is 27.1 Å². The Hall–Kier alpha value is -0.940. The Morgan fingerprint density at radius 2 is 2.13 bits per heavy atom. The van der Waals surface area contributed by atoms with Crippen molar-refractivity contribution < 1.29 is 0 Å². The van der Waals surface area contributed by atoms with Gasteiger partial charge in [-0.1, -0.05) is 12.1 Å². The van der Waals surface area contributed by atoms with Gasteiger partial charge in [-0.15, -0.1) is 5.10 Å². The van der Waals surface area contributed by atoms with E-state index in [1.807, 2.05) is 4.68 Å². The SMILES string of the molecule is CCc1c(CCN)nnn1CCN(C)C. The molecule has 5 nitrogen and oxygen atoms in total.